The van der Waals surface area contributed by atoms with Crippen LogP contribution in [-0.2, 0) is 4.74 Å². The molecule has 1 aromatic rings. The van der Waals surface area contributed by atoms with Crippen molar-refractivity contribution in [2.24, 2.45) is 5.41 Å². The first-order chi connectivity index (χ1) is 12.7. The lowest BCUT2D eigenvalue weighted by Crippen LogP contribution is -2.46. The highest BCUT2D eigenvalue weighted by Crippen LogP contribution is 2.45. The highest BCUT2D eigenvalue weighted by atomic mass is 127. The van der Waals surface area contributed by atoms with E-state index in [-0.39, 0.29) is 6.09 Å². The molecule has 4 nitrogen and oxygen atoms in total. The van der Waals surface area contributed by atoms with Gasteiger partial charge in [0.25, 0.3) is 0 Å². The number of ether oxygens (including phenoxy) is 2. The number of nitrogens with zero attached hydrogens (tertiary/aromatic N) is 1. The van der Waals surface area contributed by atoms with E-state index in [1.807, 2.05) is 31.7 Å². The minimum Gasteiger partial charge on any atom is -0.489 e. The number of piperidine rings is 1. The molecule has 6 heteroatoms. The lowest BCUT2D eigenvalue weighted by molar-refractivity contribution is -0.00472. The maximum atomic E-state index is 12.3. The zero-order valence-electron chi connectivity index (χ0n) is 16.4. The van der Waals surface area contributed by atoms with Crippen molar-refractivity contribution in [3.63, 3.8) is 0 Å². The third-order valence-corrected chi connectivity index (χ3v) is 6.99. The molecular formula is C21H29BrINO3. The topological polar surface area (TPSA) is 38.8 Å². The van der Waals surface area contributed by atoms with Crippen LogP contribution in [0.2, 0.25) is 0 Å². The van der Waals surface area contributed by atoms with Crippen molar-refractivity contribution in [1.82, 2.24) is 4.90 Å². The first-order valence-corrected chi connectivity index (χ1v) is 11.6. The van der Waals surface area contributed by atoms with E-state index < -0.39 is 5.60 Å². The lowest BCUT2D eigenvalue weighted by atomic mass is 9.67. The molecule has 1 saturated heterocycles. The highest BCUT2D eigenvalue weighted by Gasteiger charge is 2.40. The Morgan fingerprint density at radius 2 is 1.81 bits per heavy atom. The van der Waals surface area contributed by atoms with Crippen molar-refractivity contribution in [2.45, 2.75) is 71.0 Å². The minimum atomic E-state index is -0.424. The molecule has 0 aromatic heterocycles. The van der Waals surface area contributed by atoms with E-state index in [4.69, 9.17) is 9.47 Å². The highest BCUT2D eigenvalue weighted by molar-refractivity contribution is 14.1. The standard InChI is InChI=1S/C21H29BrINO3/c1-20(2,3)27-19(25)24-12-10-21(11-13-24)8-6-16(7-9-21)26-18-5-4-15(22)14-17(18)23/h4-5,14,16H,6-13H2,1-3H3. The van der Waals surface area contributed by atoms with Gasteiger partial charge in [-0.05, 0) is 106 Å². The first-order valence-electron chi connectivity index (χ1n) is 9.75. The molecule has 1 amide bonds. The molecule has 27 heavy (non-hydrogen) atoms. The van der Waals surface area contributed by atoms with Gasteiger partial charge in [0.2, 0.25) is 0 Å². The summed E-state index contributed by atoms with van der Waals surface area (Å²) in [6.07, 6.45) is 6.86. The molecule has 0 atom stereocenters. The van der Waals surface area contributed by atoms with Crippen molar-refractivity contribution in [1.29, 1.82) is 0 Å². The number of carbonyl (C=O) groups is 1. The molecule has 3 rings (SSSR count). The van der Waals surface area contributed by atoms with E-state index in [0.29, 0.717) is 11.5 Å². The van der Waals surface area contributed by atoms with Crippen LogP contribution in [0.15, 0.2) is 22.7 Å². The van der Waals surface area contributed by atoms with E-state index in [1.165, 1.54) is 12.8 Å². The van der Waals surface area contributed by atoms with E-state index in [1.54, 1.807) is 0 Å². The van der Waals surface area contributed by atoms with Gasteiger partial charge < -0.3 is 14.4 Å². The first kappa shape index (κ1) is 21.2. The number of hydrogen-bond acceptors (Lipinski definition) is 3. The number of halogens is 2. The summed E-state index contributed by atoms with van der Waals surface area (Å²) in [6, 6.07) is 6.18. The van der Waals surface area contributed by atoms with Gasteiger partial charge in [0, 0.05) is 17.6 Å². The Labute approximate surface area is 184 Å². The van der Waals surface area contributed by atoms with Crippen molar-refractivity contribution >= 4 is 44.6 Å². The van der Waals surface area contributed by atoms with Gasteiger partial charge in [-0.1, -0.05) is 15.9 Å². The third kappa shape index (κ3) is 5.75. The fraction of sp³-hybridized carbons (Fsp3) is 0.667. The summed E-state index contributed by atoms with van der Waals surface area (Å²) in [5.41, 5.74) is -0.0442. The van der Waals surface area contributed by atoms with E-state index in [2.05, 4.69) is 50.7 Å². The van der Waals surface area contributed by atoms with Gasteiger partial charge >= 0.3 is 6.09 Å². The molecule has 1 heterocycles. The van der Waals surface area contributed by atoms with Crippen molar-refractivity contribution in [3.05, 3.63) is 26.2 Å². The van der Waals surface area contributed by atoms with Crippen LogP contribution in [0.3, 0.4) is 0 Å². The summed E-state index contributed by atoms with van der Waals surface area (Å²) < 4.78 is 14.0. The van der Waals surface area contributed by atoms with Gasteiger partial charge in [-0.15, -0.1) is 0 Å². The molecule has 0 bridgehead atoms. The Hall–Kier alpha value is -0.500. The normalized spacial score (nSPS) is 20.6. The second-order valence-corrected chi connectivity index (χ2v) is 10.9. The van der Waals surface area contributed by atoms with Crippen LogP contribution in [0.1, 0.15) is 59.3 Å². The molecule has 1 aromatic carbocycles. The second kappa shape index (κ2) is 8.47. The number of rotatable bonds is 2. The summed E-state index contributed by atoms with van der Waals surface area (Å²) in [6.45, 7) is 7.38. The molecule has 2 aliphatic rings. The number of benzene rings is 1. The monoisotopic (exact) mass is 549 g/mol. The molecule has 0 unspecified atom stereocenters. The summed E-state index contributed by atoms with van der Waals surface area (Å²) in [4.78, 5) is 14.2. The molecule has 1 spiro atoms. The fourth-order valence-electron chi connectivity index (χ4n) is 4.06. The minimum absolute atomic E-state index is 0.167. The van der Waals surface area contributed by atoms with Gasteiger partial charge in [0.05, 0.1) is 9.67 Å². The molecule has 150 valence electrons. The van der Waals surface area contributed by atoms with E-state index in [9.17, 15) is 4.79 Å². The van der Waals surface area contributed by atoms with E-state index >= 15 is 0 Å². The molecule has 0 N–H and O–H groups in total. The molecular weight excluding hydrogens is 521 g/mol. The van der Waals surface area contributed by atoms with Crippen LogP contribution in [-0.4, -0.2) is 35.8 Å². The molecule has 1 aliphatic heterocycles. The van der Waals surface area contributed by atoms with Gasteiger partial charge in [-0.25, -0.2) is 4.79 Å². The number of amides is 1. The summed E-state index contributed by atoms with van der Waals surface area (Å²) in [5.74, 6) is 0.986. The van der Waals surface area contributed by atoms with Crippen LogP contribution in [0.25, 0.3) is 0 Å². The number of carbonyl (C=O) groups excluding carboxylic acids is 1. The average Bonchev–Trinajstić information content (AvgIpc) is 2.58. The molecule has 2 fully saturated rings. The van der Waals surface area contributed by atoms with Gasteiger partial charge in [0.1, 0.15) is 11.4 Å². The predicted molar refractivity (Wildman–Crippen MR) is 119 cm³/mol. The second-order valence-electron chi connectivity index (χ2n) is 8.86. The lowest BCUT2D eigenvalue weighted by Gasteiger charge is -2.45. The SMILES string of the molecule is CC(C)(C)OC(=O)N1CCC2(CCC(Oc3ccc(Br)cc3I)CC2)CC1. The predicted octanol–water partition coefficient (Wildman–Crippen LogP) is 6.39. The largest absolute Gasteiger partial charge is 0.489 e. The quantitative estimate of drug-likeness (QED) is 0.401. The Bertz CT molecular complexity index is 670. The van der Waals surface area contributed by atoms with Crippen LogP contribution >= 0.6 is 38.5 Å². The maximum Gasteiger partial charge on any atom is 0.410 e. The average molecular weight is 550 g/mol. The van der Waals surface area contributed by atoms with Crippen molar-refractivity contribution < 1.29 is 14.3 Å². The summed E-state index contributed by atoms with van der Waals surface area (Å²) in [7, 11) is 0. The van der Waals surface area contributed by atoms with Gasteiger partial charge in [-0.3, -0.25) is 0 Å². The summed E-state index contributed by atoms with van der Waals surface area (Å²) in [5, 5.41) is 0. The zero-order chi connectivity index (χ0) is 19.7. The zero-order valence-corrected chi connectivity index (χ0v) is 20.1. The summed E-state index contributed by atoms with van der Waals surface area (Å²) >= 11 is 5.83. The Morgan fingerprint density at radius 3 is 2.37 bits per heavy atom. The molecule has 0 radical (unpaired) electrons. The molecule has 1 saturated carbocycles. The maximum absolute atomic E-state index is 12.3. The number of likely N-dealkylation sites (tertiary alicyclic amines) is 1. The Morgan fingerprint density at radius 1 is 1.19 bits per heavy atom. The molecule has 1 aliphatic carbocycles. The van der Waals surface area contributed by atoms with Crippen LogP contribution in [0.4, 0.5) is 4.79 Å². The Balaban J connectivity index is 1.49. The fourth-order valence-corrected chi connectivity index (χ4v) is 5.49. The van der Waals surface area contributed by atoms with Gasteiger partial charge in [-0.2, -0.15) is 0 Å². The van der Waals surface area contributed by atoms with Crippen LogP contribution in [0.5, 0.6) is 5.75 Å². The number of hydrogen-bond donors (Lipinski definition) is 0. The van der Waals surface area contributed by atoms with Crippen LogP contribution in [0, 0.1) is 8.99 Å². The van der Waals surface area contributed by atoms with E-state index in [0.717, 1.165) is 52.6 Å². The van der Waals surface area contributed by atoms with Gasteiger partial charge in [0.15, 0.2) is 0 Å². The van der Waals surface area contributed by atoms with Crippen LogP contribution < -0.4 is 4.74 Å². The Kier molecular flexibility index (Phi) is 6.66. The third-order valence-electron chi connectivity index (χ3n) is 5.66. The van der Waals surface area contributed by atoms with Crippen molar-refractivity contribution in [3.8, 4) is 5.75 Å². The smallest absolute Gasteiger partial charge is 0.410 e. The van der Waals surface area contributed by atoms with Crippen molar-refractivity contribution in [2.75, 3.05) is 13.1 Å².